The van der Waals surface area contributed by atoms with Gasteiger partial charge in [-0.2, -0.15) is 13.2 Å². The van der Waals surface area contributed by atoms with E-state index in [2.05, 4.69) is 4.98 Å². The number of hydrogen-bond donors (Lipinski definition) is 3. The molecule has 3 aromatic rings. The lowest BCUT2D eigenvalue weighted by molar-refractivity contribution is -0.167. The maximum Gasteiger partial charge on any atom is 0.417 e. The van der Waals surface area contributed by atoms with E-state index in [9.17, 15) is 27.6 Å². The van der Waals surface area contributed by atoms with Crippen molar-refractivity contribution in [3.05, 3.63) is 64.4 Å². The Morgan fingerprint density at radius 3 is 2.09 bits per heavy atom. The molecule has 0 spiro atoms. The third kappa shape index (κ3) is 13.9. The lowest BCUT2D eigenvalue weighted by Gasteiger charge is -2.21. The first kappa shape index (κ1) is 42.6. The lowest BCUT2D eigenvalue weighted by Crippen LogP contribution is -2.31. The molecule has 1 aliphatic rings. The molecule has 0 saturated carbocycles. The first-order valence-corrected chi connectivity index (χ1v) is 17.3. The van der Waals surface area contributed by atoms with Crippen LogP contribution in [0, 0.1) is 0 Å². The molecule has 3 N–H and O–H groups in total. The number of aliphatic hydroxyl groups is 1. The Bertz CT molecular complexity index is 1670. The summed E-state index contributed by atoms with van der Waals surface area (Å²) in [6, 6.07) is 11.5. The van der Waals surface area contributed by atoms with Crippen LogP contribution >= 0.6 is 0 Å². The summed E-state index contributed by atoms with van der Waals surface area (Å²) in [5, 5.41) is 18.3. The van der Waals surface area contributed by atoms with Crippen LogP contribution in [0.25, 0.3) is 22.0 Å². The number of rotatable bonds is 24. The molecule has 0 aliphatic carbocycles. The molecule has 54 heavy (non-hydrogen) atoms. The molecule has 2 atom stereocenters. The molecule has 1 aromatic heterocycles. The second-order valence-corrected chi connectivity index (χ2v) is 11.9. The van der Waals surface area contributed by atoms with Crippen molar-refractivity contribution in [1.82, 2.24) is 4.98 Å². The quantitative estimate of drug-likeness (QED) is 0.0687. The third-order valence-electron chi connectivity index (χ3n) is 8.01. The summed E-state index contributed by atoms with van der Waals surface area (Å²) in [5.74, 6) is -3.15. The van der Waals surface area contributed by atoms with Crippen molar-refractivity contribution in [1.29, 1.82) is 0 Å². The molecule has 1 fully saturated rings. The van der Waals surface area contributed by atoms with Crippen molar-refractivity contribution in [2.24, 2.45) is 0 Å². The van der Waals surface area contributed by atoms with Crippen molar-refractivity contribution >= 4 is 28.4 Å². The Morgan fingerprint density at radius 1 is 0.870 bits per heavy atom. The van der Waals surface area contributed by atoms with Gasteiger partial charge in [-0.3, -0.25) is 4.79 Å². The lowest BCUT2D eigenvalue weighted by atomic mass is 10.0. The van der Waals surface area contributed by atoms with Crippen LogP contribution in [0.1, 0.15) is 12.0 Å². The van der Waals surface area contributed by atoms with E-state index in [0.29, 0.717) is 63.9 Å². The van der Waals surface area contributed by atoms with Gasteiger partial charge in [0.1, 0.15) is 13.3 Å². The van der Waals surface area contributed by atoms with Gasteiger partial charge >= 0.3 is 18.1 Å². The predicted octanol–water partition coefficient (Wildman–Crippen LogP) is 2.86. The van der Waals surface area contributed by atoms with E-state index >= 15 is 0 Å². The van der Waals surface area contributed by atoms with Crippen LogP contribution in [0.5, 0.6) is 0 Å². The number of H-pyrrole nitrogens is 1. The van der Waals surface area contributed by atoms with E-state index in [0.717, 1.165) is 6.07 Å². The summed E-state index contributed by atoms with van der Waals surface area (Å²) < 4.78 is 84.3. The Hall–Kier alpha value is -4.14. The fraction of sp³-hybridized carbons (Fsp3) is 0.528. The van der Waals surface area contributed by atoms with Crippen molar-refractivity contribution in [2.45, 2.75) is 24.8 Å². The molecule has 0 radical (unpaired) electrons. The van der Waals surface area contributed by atoms with E-state index < -0.39 is 41.4 Å². The van der Waals surface area contributed by atoms with Gasteiger partial charge < -0.3 is 58.0 Å². The van der Waals surface area contributed by atoms with Gasteiger partial charge in [0.25, 0.3) is 5.56 Å². The molecule has 1 aliphatic heterocycles. The van der Waals surface area contributed by atoms with Crippen LogP contribution in [0.2, 0.25) is 0 Å². The summed E-state index contributed by atoms with van der Waals surface area (Å²) in [6.07, 6.45) is -5.49. The number of nitrogens with zero attached hydrogens (tertiary/aromatic N) is 1. The fourth-order valence-electron chi connectivity index (χ4n) is 5.45. The highest BCUT2D eigenvalue weighted by molar-refractivity contribution is 6.28. The molecule has 1 saturated heterocycles. The van der Waals surface area contributed by atoms with Crippen LogP contribution in [0.4, 0.5) is 18.9 Å². The molecular formula is C36H45F3N2O13. The predicted molar refractivity (Wildman–Crippen MR) is 186 cm³/mol. The number of aliphatic hydroxyl groups excluding tert-OH is 1. The van der Waals surface area contributed by atoms with E-state index in [1.54, 1.807) is 18.2 Å². The van der Waals surface area contributed by atoms with E-state index in [4.69, 9.17) is 48.1 Å². The number of anilines is 1. The number of pyridine rings is 1. The number of benzene rings is 2. The van der Waals surface area contributed by atoms with E-state index in [1.165, 1.54) is 24.3 Å². The van der Waals surface area contributed by atoms with Crippen LogP contribution in [-0.4, -0.2) is 139 Å². The number of nitrogens with one attached hydrogen (secondary N) is 1. The minimum absolute atomic E-state index is 0.0260. The number of carbonyl (C=O) groups is 2. The first-order chi connectivity index (χ1) is 26.1. The third-order valence-corrected chi connectivity index (χ3v) is 8.01. The van der Waals surface area contributed by atoms with E-state index in [-0.39, 0.29) is 69.4 Å². The summed E-state index contributed by atoms with van der Waals surface area (Å²) in [7, 11) is 0. The number of alkyl halides is 3. The number of carboxylic acids is 1. The number of esters is 1. The van der Waals surface area contributed by atoms with Crippen LogP contribution < -0.4 is 10.5 Å². The molecule has 0 amide bonds. The fourth-order valence-corrected chi connectivity index (χ4v) is 5.45. The number of fused-ring (bicyclic) bond motifs is 1. The number of aliphatic carboxylic acids is 1. The van der Waals surface area contributed by atoms with Gasteiger partial charge in [0.05, 0.1) is 97.1 Å². The van der Waals surface area contributed by atoms with Gasteiger partial charge in [0.15, 0.2) is 0 Å². The second kappa shape index (κ2) is 22.3. The zero-order valence-corrected chi connectivity index (χ0v) is 29.6. The molecule has 1 unspecified atom stereocenters. The van der Waals surface area contributed by atoms with Gasteiger partial charge in [0, 0.05) is 35.3 Å². The Balaban J connectivity index is 1.21. The minimum Gasteiger partial charge on any atom is -0.473 e. The van der Waals surface area contributed by atoms with Gasteiger partial charge in [-0.15, -0.1) is 0 Å². The van der Waals surface area contributed by atoms with Gasteiger partial charge in [-0.25, -0.2) is 9.59 Å². The van der Waals surface area contributed by atoms with Crippen LogP contribution in [0.15, 0.2) is 53.3 Å². The summed E-state index contributed by atoms with van der Waals surface area (Å²) >= 11 is 0. The largest absolute Gasteiger partial charge is 0.473 e. The normalized spacial score (nSPS) is 15.2. The molecule has 18 heteroatoms. The first-order valence-electron chi connectivity index (χ1n) is 17.3. The summed E-state index contributed by atoms with van der Waals surface area (Å²) in [4.78, 5) is 40.1. The standard InChI is InChI=1S/C36H45F3N2O13/c37-36(38,39)31-4-2-1-3-29(31)32-19-25-5-6-26(20-30(25)33(43)40-32)41-22-27(54-24-41)21-28(23-53-35(46)34(44)45)52-18-17-51-16-15-50-14-13-49-12-11-48-10-9-47-8-7-42/h1-6,19-20,27-28,42H,7-18,21-24H2,(H,40,43)(H,44,45)/t27-,28?/m0/s1. The summed E-state index contributed by atoms with van der Waals surface area (Å²) in [5.41, 5.74) is -0.856. The number of ether oxygens (including phenoxy) is 8. The van der Waals surface area contributed by atoms with Crippen molar-refractivity contribution in [2.75, 3.05) is 104 Å². The second-order valence-electron chi connectivity index (χ2n) is 11.9. The smallest absolute Gasteiger partial charge is 0.417 e. The average molecular weight is 771 g/mol. The molecule has 2 aromatic carbocycles. The van der Waals surface area contributed by atoms with Gasteiger partial charge in [0.2, 0.25) is 0 Å². The highest BCUT2D eigenvalue weighted by atomic mass is 19.4. The Kier molecular flexibility index (Phi) is 17.6. The van der Waals surface area contributed by atoms with Gasteiger partial charge in [-0.05, 0) is 29.7 Å². The zero-order chi connectivity index (χ0) is 38.8. The number of halogens is 3. The summed E-state index contributed by atoms with van der Waals surface area (Å²) in [6.45, 7) is 3.74. The molecule has 298 valence electrons. The molecule has 0 bridgehead atoms. The Morgan fingerprint density at radius 2 is 1.48 bits per heavy atom. The van der Waals surface area contributed by atoms with E-state index in [1.807, 2.05) is 4.90 Å². The molecular weight excluding hydrogens is 725 g/mol. The Labute approximate surface area is 308 Å². The van der Waals surface area contributed by atoms with Crippen LogP contribution in [0.3, 0.4) is 0 Å². The van der Waals surface area contributed by atoms with Gasteiger partial charge in [-0.1, -0.05) is 24.3 Å². The molecule has 2 heterocycles. The molecule has 4 rings (SSSR count). The highest BCUT2D eigenvalue weighted by Crippen LogP contribution is 2.37. The topological polar surface area (TPSA) is 185 Å². The average Bonchev–Trinajstić information content (AvgIpc) is 3.62. The maximum atomic E-state index is 13.6. The van der Waals surface area contributed by atoms with Crippen molar-refractivity contribution < 1.29 is 70.9 Å². The SMILES string of the molecule is O=C(O)C(=O)OCC(C[C@H]1CN(c2ccc3cc(-c4ccccc4C(F)(F)F)[nH]c(=O)c3c2)CO1)OCCOCCOCCOCCOCCOCCO. The minimum atomic E-state index is -4.60. The highest BCUT2D eigenvalue weighted by Gasteiger charge is 2.34. The zero-order valence-electron chi connectivity index (χ0n) is 29.6. The monoisotopic (exact) mass is 770 g/mol. The number of carbonyl (C=O) groups excluding carboxylic acids is 1. The number of hydrogen-bond acceptors (Lipinski definition) is 13. The molecule has 15 nitrogen and oxygen atoms in total. The van der Waals surface area contributed by atoms with Crippen LogP contribution in [-0.2, 0) is 53.7 Å². The van der Waals surface area contributed by atoms with Crippen molar-refractivity contribution in [3.63, 3.8) is 0 Å². The van der Waals surface area contributed by atoms with Crippen molar-refractivity contribution in [3.8, 4) is 11.3 Å². The maximum absolute atomic E-state index is 13.6. The number of aromatic nitrogens is 1. The number of aromatic amines is 1. The number of carboxylic acid groups (broad SMARTS) is 1.